The molecule has 2 aromatic rings. The highest BCUT2D eigenvalue weighted by Gasteiger charge is 2.31. The maximum Gasteiger partial charge on any atom is 0.357 e. The molecule has 0 atom stereocenters. The number of hydrogen-bond donors (Lipinski definition) is 1. The van der Waals surface area contributed by atoms with Crippen LogP contribution in [0.25, 0.3) is 0 Å². The van der Waals surface area contributed by atoms with Gasteiger partial charge in [-0.3, -0.25) is 0 Å². The zero-order valence-electron chi connectivity index (χ0n) is 12.1. The standard InChI is InChI=1S/C17H13N3O2S/c18-11-17(10-14-15(16(21)22)19-20-23-14)8-6-13(7-9-17)12-4-2-1-3-5-12/h1-9,13H,10H2,(H,21,22). The molecule has 5 nitrogen and oxygen atoms in total. The molecule has 1 aromatic heterocycles. The quantitative estimate of drug-likeness (QED) is 0.873. The van der Waals surface area contributed by atoms with Crippen molar-refractivity contribution < 1.29 is 9.90 Å². The Hall–Kier alpha value is -2.78. The summed E-state index contributed by atoms with van der Waals surface area (Å²) in [7, 11) is 0. The van der Waals surface area contributed by atoms with Crippen LogP contribution in [0.15, 0.2) is 54.6 Å². The minimum absolute atomic E-state index is 0.0726. The van der Waals surface area contributed by atoms with Gasteiger partial charge in [-0.15, -0.1) is 5.10 Å². The summed E-state index contributed by atoms with van der Waals surface area (Å²) in [5, 5.41) is 22.3. The van der Waals surface area contributed by atoms with E-state index in [-0.39, 0.29) is 18.0 Å². The van der Waals surface area contributed by atoms with Crippen molar-refractivity contribution in [2.24, 2.45) is 5.41 Å². The molecule has 6 heteroatoms. The lowest BCUT2D eigenvalue weighted by Gasteiger charge is -2.23. The molecule has 1 heterocycles. The number of nitrogens with zero attached hydrogens (tertiary/aromatic N) is 3. The van der Waals surface area contributed by atoms with Crippen LogP contribution < -0.4 is 0 Å². The minimum atomic E-state index is -1.12. The Balaban J connectivity index is 1.84. The van der Waals surface area contributed by atoms with E-state index in [0.717, 1.165) is 17.1 Å². The number of carboxylic acids is 1. The third kappa shape index (κ3) is 3.05. The number of carboxylic acid groups (broad SMARTS) is 1. The number of nitriles is 1. The average Bonchev–Trinajstić information content (AvgIpc) is 3.04. The number of benzene rings is 1. The van der Waals surface area contributed by atoms with Crippen molar-refractivity contribution in [2.75, 3.05) is 0 Å². The Morgan fingerprint density at radius 2 is 2.00 bits per heavy atom. The Morgan fingerprint density at radius 1 is 1.30 bits per heavy atom. The van der Waals surface area contributed by atoms with Crippen LogP contribution in [0.3, 0.4) is 0 Å². The fourth-order valence-electron chi connectivity index (χ4n) is 2.55. The second-order valence-electron chi connectivity index (χ2n) is 5.33. The molecule has 0 radical (unpaired) electrons. The highest BCUT2D eigenvalue weighted by atomic mass is 32.1. The first-order valence-electron chi connectivity index (χ1n) is 7.03. The molecule has 1 aliphatic carbocycles. The van der Waals surface area contributed by atoms with Gasteiger partial charge in [0.2, 0.25) is 0 Å². The second kappa shape index (κ2) is 6.15. The number of rotatable bonds is 4. The SMILES string of the molecule is N#CC1(Cc2snnc2C(=O)O)C=CC(c2ccccc2)C=C1. The molecule has 0 unspecified atom stereocenters. The largest absolute Gasteiger partial charge is 0.476 e. The van der Waals surface area contributed by atoms with Crippen molar-refractivity contribution in [3.05, 3.63) is 70.8 Å². The topological polar surface area (TPSA) is 86.9 Å². The zero-order valence-corrected chi connectivity index (χ0v) is 12.9. The summed E-state index contributed by atoms with van der Waals surface area (Å²) in [6.07, 6.45) is 7.91. The number of aromatic carboxylic acids is 1. The van der Waals surface area contributed by atoms with Crippen molar-refractivity contribution in [3.63, 3.8) is 0 Å². The van der Waals surface area contributed by atoms with E-state index >= 15 is 0 Å². The van der Waals surface area contributed by atoms with E-state index in [2.05, 4.69) is 15.7 Å². The third-order valence-corrected chi connectivity index (χ3v) is 4.53. The van der Waals surface area contributed by atoms with Crippen LogP contribution in [0, 0.1) is 16.7 Å². The van der Waals surface area contributed by atoms with Crippen LogP contribution in [-0.4, -0.2) is 20.7 Å². The number of carbonyl (C=O) groups is 1. The number of allylic oxidation sites excluding steroid dienone is 4. The zero-order chi connectivity index (χ0) is 16.3. The summed E-state index contributed by atoms with van der Waals surface area (Å²) in [6.45, 7) is 0. The highest BCUT2D eigenvalue weighted by molar-refractivity contribution is 7.05. The van der Waals surface area contributed by atoms with Gasteiger partial charge >= 0.3 is 5.97 Å². The summed E-state index contributed by atoms with van der Waals surface area (Å²) in [4.78, 5) is 11.6. The minimum Gasteiger partial charge on any atom is -0.476 e. The Kier molecular flexibility index (Phi) is 4.04. The van der Waals surface area contributed by atoms with E-state index in [9.17, 15) is 10.1 Å². The molecular formula is C17H13N3O2S. The van der Waals surface area contributed by atoms with Gasteiger partial charge in [-0.2, -0.15) is 5.26 Å². The molecule has 3 rings (SSSR count). The molecular weight excluding hydrogens is 310 g/mol. The summed E-state index contributed by atoms with van der Waals surface area (Å²) in [6, 6.07) is 12.3. The third-order valence-electron chi connectivity index (χ3n) is 3.81. The molecule has 0 amide bonds. The van der Waals surface area contributed by atoms with Crippen LogP contribution in [0.5, 0.6) is 0 Å². The summed E-state index contributed by atoms with van der Waals surface area (Å²) < 4.78 is 3.69. The van der Waals surface area contributed by atoms with E-state index in [4.69, 9.17) is 5.11 Å². The van der Waals surface area contributed by atoms with Crippen LogP contribution in [0.4, 0.5) is 0 Å². The Morgan fingerprint density at radius 3 is 2.61 bits per heavy atom. The van der Waals surface area contributed by atoms with Gasteiger partial charge in [-0.1, -0.05) is 59.1 Å². The van der Waals surface area contributed by atoms with Crippen LogP contribution in [0.1, 0.15) is 26.8 Å². The van der Waals surface area contributed by atoms with Crippen molar-refractivity contribution in [2.45, 2.75) is 12.3 Å². The summed E-state index contributed by atoms with van der Waals surface area (Å²) in [5.41, 5.74) is 0.220. The van der Waals surface area contributed by atoms with Crippen molar-refractivity contribution in [3.8, 4) is 6.07 Å². The van der Waals surface area contributed by atoms with Gasteiger partial charge in [-0.05, 0) is 17.1 Å². The Labute approximate surface area is 137 Å². The van der Waals surface area contributed by atoms with Crippen LogP contribution in [0.2, 0.25) is 0 Å². The molecule has 0 spiro atoms. The fraction of sp³-hybridized carbons (Fsp3) is 0.176. The number of hydrogen-bond acceptors (Lipinski definition) is 5. The normalized spacial score (nSPS) is 22.7. The van der Waals surface area contributed by atoms with Gasteiger partial charge < -0.3 is 5.11 Å². The van der Waals surface area contributed by atoms with E-state index < -0.39 is 11.4 Å². The highest BCUT2D eigenvalue weighted by Crippen LogP contribution is 2.35. The molecule has 114 valence electrons. The van der Waals surface area contributed by atoms with Crippen molar-refractivity contribution in [1.82, 2.24) is 9.59 Å². The molecule has 1 aliphatic rings. The lowest BCUT2D eigenvalue weighted by Crippen LogP contribution is -2.20. The lowest BCUT2D eigenvalue weighted by molar-refractivity contribution is 0.0689. The van der Waals surface area contributed by atoms with Gasteiger partial charge in [0.05, 0.1) is 16.4 Å². The van der Waals surface area contributed by atoms with Gasteiger partial charge in [0, 0.05) is 12.3 Å². The lowest BCUT2D eigenvalue weighted by atomic mass is 9.78. The fourth-order valence-corrected chi connectivity index (χ4v) is 3.29. The van der Waals surface area contributed by atoms with Crippen LogP contribution in [-0.2, 0) is 6.42 Å². The van der Waals surface area contributed by atoms with E-state index in [0.29, 0.717) is 4.88 Å². The van der Waals surface area contributed by atoms with Gasteiger partial charge in [-0.25, -0.2) is 4.79 Å². The van der Waals surface area contributed by atoms with E-state index in [1.54, 1.807) is 0 Å². The van der Waals surface area contributed by atoms with Crippen LogP contribution >= 0.6 is 11.5 Å². The molecule has 0 fully saturated rings. The molecule has 0 saturated heterocycles. The maximum atomic E-state index is 11.1. The van der Waals surface area contributed by atoms with Gasteiger partial charge in [0.1, 0.15) is 0 Å². The first-order valence-corrected chi connectivity index (χ1v) is 7.80. The van der Waals surface area contributed by atoms with E-state index in [1.807, 2.05) is 54.6 Å². The molecule has 1 aromatic carbocycles. The molecule has 23 heavy (non-hydrogen) atoms. The average molecular weight is 323 g/mol. The summed E-state index contributed by atoms with van der Waals surface area (Å²) >= 11 is 1.02. The molecule has 0 aliphatic heterocycles. The smallest absolute Gasteiger partial charge is 0.357 e. The van der Waals surface area contributed by atoms with Gasteiger partial charge in [0.15, 0.2) is 5.69 Å². The predicted molar refractivity (Wildman–Crippen MR) is 86.1 cm³/mol. The molecule has 0 bridgehead atoms. The first kappa shape index (κ1) is 15.1. The monoisotopic (exact) mass is 323 g/mol. The predicted octanol–water partition coefficient (Wildman–Crippen LogP) is 3.20. The molecule has 1 N–H and O–H groups in total. The molecule has 0 saturated carbocycles. The van der Waals surface area contributed by atoms with Gasteiger partial charge in [0.25, 0.3) is 0 Å². The first-order chi connectivity index (χ1) is 11.1. The summed E-state index contributed by atoms with van der Waals surface area (Å²) in [5.74, 6) is -0.996. The van der Waals surface area contributed by atoms with E-state index in [1.165, 1.54) is 0 Å². The van der Waals surface area contributed by atoms with Crippen molar-refractivity contribution in [1.29, 1.82) is 5.26 Å². The Bertz CT molecular complexity index is 804. The van der Waals surface area contributed by atoms with Crippen molar-refractivity contribution >= 4 is 17.5 Å². The maximum absolute atomic E-state index is 11.1. The second-order valence-corrected chi connectivity index (χ2v) is 6.17. The number of aromatic nitrogens is 2.